The first-order valence-electron chi connectivity index (χ1n) is 8.15. The molecule has 2 aromatic rings. The van der Waals surface area contributed by atoms with Crippen molar-refractivity contribution in [3.63, 3.8) is 0 Å². The summed E-state index contributed by atoms with van der Waals surface area (Å²) >= 11 is 6.18. The SMILES string of the molecule is CCOC(=O)c1sc(NC(=S)NC(=O)/C=C/c2ccc(O)c(OC)c2)nc1C. The number of hydrogen-bond acceptors (Lipinski definition) is 8. The maximum Gasteiger partial charge on any atom is 0.350 e. The van der Waals surface area contributed by atoms with Gasteiger partial charge in [0.15, 0.2) is 21.7 Å². The average Bonchev–Trinajstić information content (AvgIpc) is 3.01. The molecule has 0 radical (unpaired) electrons. The highest BCUT2D eigenvalue weighted by molar-refractivity contribution is 7.80. The molecule has 0 spiro atoms. The number of benzene rings is 1. The third kappa shape index (κ3) is 5.76. The van der Waals surface area contributed by atoms with Gasteiger partial charge in [0.1, 0.15) is 4.88 Å². The van der Waals surface area contributed by atoms with Crippen LogP contribution >= 0.6 is 23.6 Å². The number of carbonyl (C=O) groups excluding carboxylic acids is 2. The largest absolute Gasteiger partial charge is 0.504 e. The minimum Gasteiger partial charge on any atom is -0.504 e. The van der Waals surface area contributed by atoms with Gasteiger partial charge in [-0.05, 0) is 49.8 Å². The van der Waals surface area contributed by atoms with Gasteiger partial charge >= 0.3 is 5.97 Å². The predicted octanol–water partition coefficient (Wildman–Crippen LogP) is 2.87. The Morgan fingerprint density at radius 2 is 2.14 bits per heavy atom. The Hall–Kier alpha value is -2.98. The average molecular weight is 422 g/mol. The van der Waals surface area contributed by atoms with E-state index in [-0.39, 0.29) is 17.5 Å². The van der Waals surface area contributed by atoms with E-state index < -0.39 is 11.9 Å². The summed E-state index contributed by atoms with van der Waals surface area (Å²) < 4.78 is 9.97. The summed E-state index contributed by atoms with van der Waals surface area (Å²) in [5, 5.41) is 15.2. The predicted molar refractivity (Wildman–Crippen MR) is 111 cm³/mol. The molecule has 3 N–H and O–H groups in total. The van der Waals surface area contributed by atoms with E-state index in [0.717, 1.165) is 11.3 Å². The lowest BCUT2D eigenvalue weighted by Crippen LogP contribution is -2.32. The zero-order chi connectivity index (χ0) is 20.7. The topological polar surface area (TPSA) is 110 Å². The Kier molecular flexibility index (Phi) is 7.47. The van der Waals surface area contributed by atoms with Crippen LogP contribution in [0.3, 0.4) is 0 Å². The Bertz CT molecular complexity index is 924. The van der Waals surface area contributed by atoms with Crippen LogP contribution in [0, 0.1) is 6.92 Å². The summed E-state index contributed by atoms with van der Waals surface area (Å²) in [7, 11) is 1.44. The number of aryl methyl sites for hydroxylation is 1. The summed E-state index contributed by atoms with van der Waals surface area (Å²) in [5.74, 6) is -0.595. The van der Waals surface area contributed by atoms with E-state index in [1.807, 2.05) is 0 Å². The zero-order valence-corrected chi connectivity index (χ0v) is 17.1. The van der Waals surface area contributed by atoms with E-state index in [4.69, 9.17) is 21.7 Å². The molecule has 148 valence electrons. The smallest absolute Gasteiger partial charge is 0.350 e. The number of ether oxygens (including phenoxy) is 2. The molecule has 1 amide bonds. The number of nitrogens with one attached hydrogen (secondary N) is 2. The summed E-state index contributed by atoms with van der Waals surface area (Å²) in [6, 6.07) is 4.69. The number of carbonyl (C=O) groups is 2. The maximum atomic E-state index is 12.0. The number of aromatic hydroxyl groups is 1. The summed E-state index contributed by atoms with van der Waals surface area (Å²) in [4.78, 5) is 28.4. The van der Waals surface area contributed by atoms with Gasteiger partial charge in [-0.1, -0.05) is 17.4 Å². The van der Waals surface area contributed by atoms with Crippen LogP contribution in [-0.2, 0) is 9.53 Å². The number of phenolic OH excluding ortho intramolecular Hbond substituents is 1. The van der Waals surface area contributed by atoms with Gasteiger partial charge in [0.05, 0.1) is 19.4 Å². The van der Waals surface area contributed by atoms with Crippen molar-refractivity contribution in [2.24, 2.45) is 0 Å². The normalized spacial score (nSPS) is 10.5. The Balaban J connectivity index is 1.95. The van der Waals surface area contributed by atoms with Gasteiger partial charge in [-0.25, -0.2) is 9.78 Å². The fourth-order valence-corrected chi connectivity index (χ4v) is 3.21. The lowest BCUT2D eigenvalue weighted by molar-refractivity contribution is -0.115. The molecule has 0 aliphatic carbocycles. The van der Waals surface area contributed by atoms with Gasteiger partial charge in [0, 0.05) is 6.08 Å². The third-order valence-electron chi connectivity index (χ3n) is 3.35. The fraction of sp³-hybridized carbons (Fsp3) is 0.222. The molecule has 28 heavy (non-hydrogen) atoms. The minimum atomic E-state index is -0.455. The van der Waals surface area contributed by atoms with Crippen molar-refractivity contribution in [1.82, 2.24) is 10.3 Å². The van der Waals surface area contributed by atoms with E-state index in [2.05, 4.69) is 15.6 Å². The summed E-state index contributed by atoms with van der Waals surface area (Å²) in [5.41, 5.74) is 1.18. The first kappa shape index (κ1) is 21.3. The molecule has 1 heterocycles. The van der Waals surface area contributed by atoms with E-state index in [0.29, 0.717) is 27.0 Å². The van der Waals surface area contributed by atoms with Gasteiger partial charge in [0.25, 0.3) is 0 Å². The van der Waals surface area contributed by atoms with Crippen molar-refractivity contribution in [1.29, 1.82) is 0 Å². The quantitative estimate of drug-likeness (QED) is 0.371. The van der Waals surface area contributed by atoms with Crippen LogP contribution in [-0.4, -0.2) is 40.8 Å². The Morgan fingerprint density at radius 3 is 2.82 bits per heavy atom. The highest BCUT2D eigenvalue weighted by Crippen LogP contribution is 2.26. The number of rotatable bonds is 6. The van der Waals surface area contributed by atoms with E-state index >= 15 is 0 Å². The summed E-state index contributed by atoms with van der Waals surface area (Å²) in [6.45, 7) is 3.68. The second kappa shape index (κ2) is 9.81. The molecule has 0 bridgehead atoms. The molecule has 1 aromatic heterocycles. The molecule has 0 saturated carbocycles. The zero-order valence-electron chi connectivity index (χ0n) is 15.4. The van der Waals surface area contributed by atoms with Crippen LogP contribution in [0.1, 0.15) is 27.9 Å². The first-order valence-corrected chi connectivity index (χ1v) is 9.38. The van der Waals surface area contributed by atoms with Crippen LogP contribution in [0.15, 0.2) is 24.3 Å². The molecular weight excluding hydrogens is 402 g/mol. The van der Waals surface area contributed by atoms with Crippen molar-refractivity contribution in [2.45, 2.75) is 13.8 Å². The number of thiocarbonyl (C=S) groups is 1. The highest BCUT2D eigenvalue weighted by atomic mass is 32.1. The molecule has 0 unspecified atom stereocenters. The molecule has 0 fully saturated rings. The number of esters is 1. The van der Waals surface area contributed by atoms with Gasteiger partial charge in [0.2, 0.25) is 5.91 Å². The fourth-order valence-electron chi connectivity index (χ4n) is 2.09. The molecule has 2 rings (SSSR count). The third-order valence-corrected chi connectivity index (χ3v) is 4.60. The number of methoxy groups -OCH3 is 1. The molecule has 0 aliphatic rings. The van der Waals surface area contributed by atoms with Crippen LogP contribution in [0.4, 0.5) is 5.13 Å². The molecule has 0 aliphatic heterocycles. The number of phenols is 1. The van der Waals surface area contributed by atoms with Gasteiger partial charge in [-0.3, -0.25) is 10.1 Å². The van der Waals surface area contributed by atoms with Crippen LogP contribution < -0.4 is 15.4 Å². The van der Waals surface area contributed by atoms with Crippen molar-refractivity contribution >= 4 is 51.8 Å². The van der Waals surface area contributed by atoms with Crippen LogP contribution in [0.2, 0.25) is 0 Å². The van der Waals surface area contributed by atoms with Crippen molar-refractivity contribution in [3.8, 4) is 11.5 Å². The molecule has 0 saturated heterocycles. The number of hydrogen-bond donors (Lipinski definition) is 3. The number of nitrogens with zero attached hydrogens (tertiary/aromatic N) is 1. The minimum absolute atomic E-state index is 0.00964. The lowest BCUT2D eigenvalue weighted by atomic mass is 10.2. The second-order valence-corrected chi connectivity index (χ2v) is 6.77. The Morgan fingerprint density at radius 1 is 1.39 bits per heavy atom. The van der Waals surface area contributed by atoms with Crippen molar-refractivity contribution in [2.75, 3.05) is 19.0 Å². The Labute approximate surface area is 171 Å². The second-order valence-electron chi connectivity index (χ2n) is 5.36. The van der Waals surface area contributed by atoms with Gasteiger partial charge in [-0.15, -0.1) is 0 Å². The van der Waals surface area contributed by atoms with Gasteiger partial charge < -0.3 is 19.9 Å². The molecule has 10 heteroatoms. The number of anilines is 1. The van der Waals surface area contributed by atoms with E-state index in [9.17, 15) is 14.7 Å². The number of thiazole rings is 1. The highest BCUT2D eigenvalue weighted by Gasteiger charge is 2.17. The van der Waals surface area contributed by atoms with Crippen molar-refractivity contribution in [3.05, 3.63) is 40.4 Å². The standard InChI is InChI=1S/C18H19N3O5S2/c1-4-26-16(24)15-10(2)19-18(28-15)21-17(27)20-14(23)8-6-11-5-7-12(22)13(9-11)25-3/h5-9,22H,4H2,1-3H3,(H2,19,20,21,23,27)/b8-6+. The summed E-state index contributed by atoms with van der Waals surface area (Å²) in [6.07, 6.45) is 2.84. The van der Waals surface area contributed by atoms with E-state index in [1.165, 1.54) is 19.3 Å². The van der Waals surface area contributed by atoms with Crippen molar-refractivity contribution < 1.29 is 24.2 Å². The van der Waals surface area contributed by atoms with Crippen LogP contribution in [0.5, 0.6) is 11.5 Å². The maximum absolute atomic E-state index is 12.0. The monoisotopic (exact) mass is 421 g/mol. The van der Waals surface area contributed by atoms with Crippen LogP contribution in [0.25, 0.3) is 6.08 Å². The lowest BCUT2D eigenvalue weighted by Gasteiger charge is -2.05. The first-order chi connectivity index (χ1) is 13.3. The molecular formula is C18H19N3O5S2. The van der Waals surface area contributed by atoms with Gasteiger partial charge in [-0.2, -0.15) is 0 Å². The van der Waals surface area contributed by atoms with E-state index in [1.54, 1.807) is 32.1 Å². The number of aromatic nitrogens is 1. The number of amides is 1. The molecule has 8 nitrogen and oxygen atoms in total. The molecule has 0 atom stereocenters. The molecule has 1 aromatic carbocycles.